The lowest BCUT2D eigenvalue weighted by Gasteiger charge is -2.10. The van der Waals surface area contributed by atoms with Crippen LogP contribution in [0.15, 0.2) is 71.3 Å². The molecule has 0 aliphatic heterocycles. The summed E-state index contributed by atoms with van der Waals surface area (Å²) in [5.74, 6) is 1.75. The number of carbonyl (C=O) groups excluding carboxylic acids is 1. The van der Waals surface area contributed by atoms with E-state index in [1.807, 2.05) is 43.3 Å². The first kappa shape index (κ1) is 21.1. The zero-order valence-electron chi connectivity index (χ0n) is 17.9. The number of amides is 1. The van der Waals surface area contributed by atoms with E-state index in [9.17, 15) is 4.79 Å². The second kappa shape index (κ2) is 9.34. The summed E-state index contributed by atoms with van der Waals surface area (Å²) >= 11 is 0. The van der Waals surface area contributed by atoms with Crippen molar-refractivity contribution in [2.75, 3.05) is 6.61 Å². The van der Waals surface area contributed by atoms with E-state index < -0.39 is 5.91 Å². The average molecular weight is 429 g/mol. The van der Waals surface area contributed by atoms with Gasteiger partial charge in [0.2, 0.25) is 5.82 Å². The maximum Gasteiger partial charge on any atom is 0.258 e. The van der Waals surface area contributed by atoms with Gasteiger partial charge in [-0.25, -0.2) is 0 Å². The number of carbonyl (C=O) groups is 1. The number of benzene rings is 3. The van der Waals surface area contributed by atoms with Crippen molar-refractivity contribution in [3.63, 3.8) is 0 Å². The minimum atomic E-state index is -0.529. The van der Waals surface area contributed by atoms with Crippen molar-refractivity contribution < 1.29 is 18.8 Å². The van der Waals surface area contributed by atoms with Crippen LogP contribution in [0.5, 0.6) is 11.5 Å². The summed E-state index contributed by atoms with van der Waals surface area (Å²) in [6, 6.07) is 21.0. The van der Waals surface area contributed by atoms with Gasteiger partial charge in [-0.1, -0.05) is 35.0 Å². The SMILES string of the molecule is Cc1ccc(OCc2cccc(-c3nc(-c4ccc(OCC(N)=O)cc4)no3)c2)c(C)c1. The van der Waals surface area contributed by atoms with Crippen molar-refractivity contribution in [3.8, 4) is 34.3 Å². The molecule has 0 aliphatic rings. The number of rotatable bonds is 8. The summed E-state index contributed by atoms with van der Waals surface area (Å²) in [5.41, 5.74) is 9.97. The lowest BCUT2D eigenvalue weighted by molar-refractivity contribution is -0.119. The number of hydrogen-bond donors (Lipinski definition) is 1. The fourth-order valence-electron chi connectivity index (χ4n) is 3.23. The van der Waals surface area contributed by atoms with Gasteiger partial charge in [-0.3, -0.25) is 4.79 Å². The zero-order chi connectivity index (χ0) is 22.5. The molecule has 2 N–H and O–H groups in total. The van der Waals surface area contributed by atoms with E-state index in [4.69, 9.17) is 19.7 Å². The van der Waals surface area contributed by atoms with Gasteiger partial charge in [0.05, 0.1) is 0 Å². The van der Waals surface area contributed by atoms with Crippen molar-refractivity contribution in [3.05, 3.63) is 83.4 Å². The van der Waals surface area contributed by atoms with Crippen molar-refractivity contribution in [2.45, 2.75) is 20.5 Å². The minimum absolute atomic E-state index is 0.171. The third-order valence-electron chi connectivity index (χ3n) is 4.82. The van der Waals surface area contributed by atoms with E-state index in [-0.39, 0.29) is 6.61 Å². The molecule has 0 atom stereocenters. The van der Waals surface area contributed by atoms with Crippen LogP contribution >= 0.6 is 0 Å². The lowest BCUT2D eigenvalue weighted by atomic mass is 10.1. The monoisotopic (exact) mass is 429 g/mol. The van der Waals surface area contributed by atoms with Gasteiger partial charge in [0.15, 0.2) is 6.61 Å². The first-order valence-corrected chi connectivity index (χ1v) is 10.1. The quantitative estimate of drug-likeness (QED) is 0.444. The topological polar surface area (TPSA) is 100 Å². The Kier molecular flexibility index (Phi) is 6.17. The van der Waals surface area contributed by atoms with Gasteiger partial charge >= 0.3 is 0 Å². The molecule has 4 aromatic rings. The minimum Gasteiger partial charge on any atom is -0.489 e. The smallest absolute Gasteiger partial charge is 0.258 e. The predicted octanol–water partition coefficient (Wildman–Crippen LogP) is 4.46. The molecular weight excluding hydrogens is 406 g/mol. The molecule has 0 spiro atoms. The Morgan fingerprint density at radius 1 is 0.969 bits per heavy atom. The van der Waals surface area contributed by atoms with Crippen molar-refractivity contribution in [2.24, 2.45) is 5.73 Å². The van der Waals surface area contributed by atoms with E-state index in [1.165, 1.54) is 5.56 Å². The molecule has 1 heterocycles. The second-order valence-electron chi connectivity index (χ2n) is 7.46. The Hall–Kier alpha value is -4.13. The van der Waals surface area contributed by atoms with Crippen molar-refractivity contribution in [1.29, 1.82) is 0 Å². The molecule has 0 fully saturated rings. The summed E-state index contributed by atoms with van der Waals surface area (Å²) in [6.45, 7) is 4.36. The number of aromatic nitrogens is 2. The fraction of sp³-hybridized carbons (Fsp3) is 0.160. The van der Waals surface area contributed by atoms with E-state index in [1.54, 1.807) is 24.3 Å². The molecule has 0 saturated carbocycles. The Labute approximate surface area is 185 Å². The number of primary amides is 1. The van der Waals surface area contributed by atoms with Gasteiger partial charge in [-0.05, 0) is 67.4 Å². The molecule has 0 unspecified atom stereocenters. The van der Waals surface area contributed by atoms with Crippen LogP contribution in [0.2, 0.25) is 0 Å². The third kappa shape index (κ3) is 5.13. The van der Waals surface area contributed by atoms with Crippen LogP contribution in [0.25, 0.3) is 22.8 Å². The molecule has 0 saturated heterocycles. The Balaban J connectivity index is 1.45. The highest BCUT2D eigenvalue weighted by atomic mass is 16.5. The van der Waals surface area contributed by atoms with E-state index in [2.05, 4.69) is 23.1 Å². The van der Waals surface area contributed by atoms with E-state index in [0.717, 1.165) is 28.0 Å². The van der Waals surface area contributed by atoms with Gasteiger partial charge in [0.25, 0.3) is 11.8 Å². The Morgan fingerprint density at radius 2 is 1.78 bits per heavy atom. The van der Waals surface area contributed by atoms with Crippen LogP contribution in [0.1, 0.15) is 16.7 Å². The Bertz CT molecular complexity index is 1230. The van der Waals surface area contributed by atoms with Crippen LogP contribution in [0.3, 0.4) is 0 Å². The summed E-state index contributed by atoms with van der Waals surface area (Å²) in [6.07, 6.45) is 0. The molecule has 32 heavy (non-hydrogen) atoms. The number of ether oxygens (including phenoxy) is 2. The third-order valence-corrected chi connectivity index (χ3v) is 4.82. The standard InChI is InChI=1S/C25H23N3O4/c1-16-6-11-22(17(2)12-16)31-14-18-4-3-5-20(13-18)25-27-24(28-32-25)19-7-9-21(10-8-19)30-15-23(26)29/h3-13H,14-15H2,1-2H3,(H2,26,29). The number of hydrogen-bond acceptors (Lipinski definition) is 6. The molecule has 4 rings (SSSR count). The average Bonchev–Trinajstić information content (AvgIpc) is 3.28. The first-order chi connectivity index (χ1) is 15.5. The molecule has 0 radical (unpaired) electrons. The number of nitrogens with zero attached hydrogens (tertiary/aromatic N) is 2. The van der Waals surface area contributed by atoms with Gasteiger partial charge in [-0.2, -0.15) is 4.98 Å². The van der Waals surface area contributed by atoms with E-state index >= 15 is 0 Å². The molecule has 3 aromatic carbocycles. The molecular formula is C25H23N3O4. The van der Waals surface area contributed by atoms with Crippen LogP contribution in [0.4, 0.5) is 0 Å². The van der Waals surface area contributed by atoms with Crippen LogP contribution in [-0.4, -0.2) is 22.7 Å². The molecule has 0 bridgehead atoms. The van der Waals surface area contributed by atoms with Crippen LogP contribution in [0, 0.1) is 13.8 Å². The number of nitrogens with two attached hydrogens (primary N) is 1. The van der Waals surface area contributed by atoms with Crippen LogP contribution < -0.4 is 15.2 Å². The van der Waals surface area contributed by atoms with Crippen LogP contribution in [-0.2, 0) is 11.4 Å². The highest BCUT2D eigenvalue weighted by Crippen LogP contribution is 2.25. The van der Waals surface area contributed by atoms with E-state index in [0.29, 0.717) is 24.1 Å². The highest BCUT2D eigenvalue weighted by molar-refractivity contribution is 5.75. The highest BCUT2D eigenvalue weighted by Gasteiger charge is 2.12. The van der Waals surface area contributed by atoms with Gasteiger partial charge in [-0.15, -0.1) is 0 Å². The maximum absolute atomic E-state index is 10.8. The fourth-order valence-corrected chi connectivity index (χ4v) is 3.23. The lowest BCUT2D eigenvalue weighted by Crippen LogP contribution is -2.19. The second-order valence-corrected chi connectivity index (χ2v) is 7.46. The summed E-state index contributed by atoms with van der Waals surface area (Å²) in [7, 11) is 0. The molecule has 7 nitrogen and oxygen atoms in total. The van der Waals surface area contributed by atoms with Crippen molar-refractivity contribution in [1.82, 2.24) is 10.1 Å². The largest absolute Gasteiger partial charge is 0.489 e. The van der Waals surface area contributed by atoms with Crippen molar-refractivity contribution >= 4 is 5.91 Å². The molecule has 1 aromatic heterocycles. The number of aryl methyl sites for hydroxylation is 2. The van der Waals surface area contributed by atoms with Gasteiger partial charge in [0.1, 0.15) is 18.1 Å². The molecule has 162 valence electrons. The summed E-state index contributed by atoms with van der Waals surface area (Å²) < 4.78 is 16.7. The normalized spacial score (nSPS) is 10.7. The zero-order valence-corrected chi connectivity index (χ0v) is 17.9. The van der Waals surface area contributed by atoms with Gasteiger partial charge < -0.3 is 19.7 Å². The molecule has 0 aliphatic carbocycles. The first-order valence-electron chi connectivity index (χ1n) is 10.1. The maximum atomic E-state index is 10.8. The predicted molar refractivity (Wildman–Crippen MR) is 120 cm³/mol. The summed E-state index contributed by atoms with van der Waals surface area (Å²) in [4.78, 5) is 15.3. The molecule has 7 heteroatoms. The summed E-state index contributed by atoms with van der Waals surface area (Å²) in [5, 5.41) is 4.08. The Morgan fingerprint density at radius 3 is 2.53 bits per heavy atom. The molecule has 1 amide bonds. The van der Waals surface area contributed by atoms with Gasteiger partial charge in [0, 0.05) is 11.1 Å².